The van der Waals surface area contributed by atoms with Crippen LogP contribution in [-0.4, -0.2) is 54.6 Å². The molecule has 0 bridgehead atoms. The van der Waals surface area contributed by atoms with Gasteiger partial charge in [-0.25, -0.2) is 9.97 Å². The second-order valence-corrected chi connectivity index (χ2v) is 5.29. The van der Waals surface area contributed by atoms with Gasteiger partial charge in [0.1, 0.15) is 18.0 Å². The van der Waals surface area contributed by atoms with Gasteiger partial charge >= 0.3 is 0 Å². The van der Waals surface area contributed by atoms with E-state index in [-0.39, 0.29) is 0 Å². The number of hydrogen-bond donors (Lipinski definition) is 1. The third kappa shape index (κ3) is 2.97. The van der Waals surface area contributed by atoms with Gasteiger partial charge in [0.05, 0.1) is 0 Å². The third-order valence-corrected chi connectivity index (χ3v) is 3.83. The molecule has 106 valence electrons. The van der Waals surface area contributed by atoms with Gasteiger partial charge in [-0.2, -0.15) is 0 Å². The van der Waals surface area contributed by atoms with Gasteiger partial charge in [-0.15, -0.1) is 0 Å². The molecule has 1 aromatic rings. The Morgan fingerprint density at radius 2 is 2.16 bits per heavy atom. The second kappa shape index (κ2) is 6.19. The Balaban J connectivity index is 2.34. The average Bonchev–Trinajstić information content (AvgIpc) is 2.58. The molecule has 0 aromatic carbocycles. The molecule has 0 spiro atoms. The summed E-state index contributed by atoms with van der Waals surface area (Å²) in [5, 5.41) is 3.18. The normalized spacial score (nSPS) is 21.3. The minimum Gasteiger partial charge on any atom is -0.373 e. The summed E-state index contributed by atoms with van der Waals surface area (Å²) in [6.45, 7) is 7.76. The SMILES string of the molecule is CCc1c(NC)ncnc1N1CCCN(C)CC1C. The molecular weight excluding hydrogens is 238 g/mol. The van der Waals surface area contributed by atoms with Crippen molar-refractivity contribution in [3.63, 3.8) is 0 Å². The first-order chi connectivity index (χ1) is 9.17. The van der Waals surface area contributed by atoms with E-state index in [1.165, 1.54) is 12.0 Å². The lowest BCUT2D eigenvalue weighted by atomic mass is 10.1. The van der Waals surface area contributed by atoms with E-state index in [9.17, 15) is 0 Å². The molecule has 1 saturated heterocycles. The predicted octanol–water partition coefficient (Wildman–Crippen LogP) is 1.61. The van der Waals surface area contributed by atoms with E-state index in [1.807, 2.05) is 7.05 Å². The molecule has 5 heteroatoms. The molecule has 1 atom stereocenters. The van der Waals surface area contributed by atoms with E-state index in [0.29, 0.717) is 6.04 Å². The molecule has 0 saturated carbocycles. The van der Waals surface area contributed by atoms with Crippen molar-refractivity contribution in [2.45, 2.75) is 32.7 Å². The van der Waals surface area contributed by atoms with Crippen LogP contribution in [0.2, 0.25) is 0 Å². The fourth-order valence-corrected chi connectivity index (χ4v) is 2.88. The Kier molecular flexibility index (Phi) is 4.58. The summed E-state index contributed by atoms with van der Waals surface area (Å²) in [6, 6.07) is 0.484. The standard InChI is InChI=1S/C14H25N5/c1-5-12-13(15-3)16-10-17-14(12)19-8-6-7-18(4)9-11(19)2/h10-11H,5-9H2,1-4H3,(H,15,16,17). The molecule has 1 fully saturated rings. The summed E-state index contributed by atoms with van der Waals surface area (Å²) in [5.74, 6) is 2.06. The lowest BCUT2D eigenvalue weighted by Gasteiger charge is -2.31. The smallest absolute Gasteiger partial charge is 0.137 e. The molecule has 2 rings (SSSR count). The first-order valence-corrected chi connectivity index (χ1v) is 7.14. The molecule has 0 aliphatic carbocycles. The second-order valence-electron chi connectivity index (χ2n) is 5.29. The lowest BCUT2D eigenvalue weighted by molar-refractivity contribution is 0.337. The van der Waals surface area contributed by atoms with Crippen molar-refractivity contribution in [3.8, 4) is 0 Å². The Hall–Kier alpha value is -1.36. The maximum absolute atomic E-state index is 4.56. The van der Waals surface area contributed by atoms with Crippen molar-refractivity contribution in [1.82, 2.24) is 14.9 Å². The van der Waals surface area contributed by atoms with Crippen LogP contribution in [0.1, 0.15) is 25.8 Å². The van der Waals surface area contributed by atoms with Crippen LogP contribution >= 0.6 is 0 Å². The number of anilines is 2. The Morgan fingerprint density at radius 3 is 2.84 bits per heavy atom. The number of nitrogens with one attached hydrogen (secondary N) is 1. The van der Waals surface area contributed by atoms with E-state index < -0.39 is 0 Å². The van der Waals surface area contributed by atoms with E-state index in [0.717, 1.165) is 37.7 Å². The van der Waals surface area contributed by atoms with Crippen molar-refractivity contribution in [3.05, 3.63) is 11.9 Å². The third-order valence-electron chi connectivity index (χ3n) is 3.83. The average molecular weight is 263 g/mol. The van der Waals surface area contributed by atoms with Gasteiger partial charge in [0.25, 0.3) is 0 Å². The van der Waals surface area contributed by atoms with Crippen LogP contribution in [0.25, 0.3) is 0 Å². The summed E-state index contributed by atoms with van der Waals surface area (Å²) < 4.78 is 0. The molecule has 0 radical (unpaired) electrons. The summed E-state index contributed by atoms with van der Waals surface area (Å²) in [5.41, 5.74) is 1.22. The van der Waals surface area contributed by atoms with Gasteiger partial charge in [-0.05, 0) is 33.4 Å². The van der Waals surface area contributed by atoms with Crippen LogP contribution in [0.4, 0.5) is 11.6 Å². The van der Waals surface area contributed by atoms with Crippen LogP contribution in [0.15, 0.2) is 6.33 Å². The summed E-state index contributed by atoms with van der Waals surface area (Å²) in [6.07, 6.45) is 3.80. The zero-order valence-electron chi connectivity index (χ0n) is 12.5. The Labute approximate surface area is 116 Å². The van der Waals surface area contributed by atoms with E-state index in [2.05, 4.69) is 46.0 Å². The lowest BCUT2D eigenvalue weighted by Crippen LogP contribution is -2.39. The number of likely N-dealkylation sites (N-methyl/N-ethyl adjacent to an activating group) is 1. The molecule has 1 aliphatic rings. The monoisotopic (exact) mass is 263 g/mol. The predicted molar refractivity (Wildman–Crippen MR) is 79.9 cm³/mol. The van der Waals surface area contributed by atoms with Crippen molar-refractivity contribution >= 4 is 11.6 Å². The molecule has 0 amide bonds. The van der Waals surface area contributed by atoms with Crippen molar-refractivity contribution in [2.24, 2.45) is 0 Å². The van der Waals surface area contributed by atoms with Crippen LogP contribution in [-0.2, 0) is 6.42 Å². The van der Waals surface area contributed by atoms with E-state index in [1.54, 1.807) is 6.33 Å². The van der Waals surface area contributed by atoms with Gasteiger partial charge in [0.2, 0.25) is 0 Å². The van der Waals surface area contributed by atoms with Gasteiger partial charge in [0, 0.05) is 31.7 Å². The summed E-state index contributed by atoms with van der Waals surface area (Å²) in [7, 11) is 4.12. The van der Waals surface area contributed by atoms with Gasteiger partial charge in [-0.1, -0.05) is 6.92 Å². The zero-order valence-corrected chi connectivity index (χ0v) is 12.5. The Morgan fingerprint density at radius 1 is 1.37 bits per heavy atom. The molecule has 1 aromatic heterocycles. The van der Waals surface area contributed by atoms with Crippen molar-refractivity contribution < 1.29 is 0 Å². The maximum Gasteiger partial charge on any atom is 0.137 e. The van der Waals surface area contributed by atoms with Crippen molar-refractivity contribution in [1.29, 1.82) is 0 Å². The highest BCUT2D eigenvalue weighted by Crippen LogP contribution is 2.26. The zero-order chi connectivity index (χ0) is 13.8. The van der Waals surface area contributed by atoms with Gasteiger partial charge in [-0.3, -0.25) is 0 Å². The number of aromatic nitrogens is 2. The largest absolute Gasteiger partial charge is 0.373 e. The first kappa shape index (κ1) is 14.1. The van der Waals surface area contributed by atoms with E-state index in [4.69, 9.17) is 0 Å². The molecular formula is C14H25N5. The fraction of sp³-hybridized carbons (Fsp3) is 0.714. The molecule has 2 heterocycles. The Bertz CT molecular complexity index is 420. The fourth-order valence-electron chi connectivity index (χ4n) is 2.88. The molecule has 5 nitrogen and oxygen atoms in total. The molecule has 1 N–H and O–H groups in total. The first-order valence-electron chi connectivity index (χ1n) is 7.14. The van der Waals surface area contributed by atoms with Crippen molar-refractivity contribution in [2.75, 3.05) is 43.9 Å². The van der Waals surface area contributed by atoms with E-state index >= 15 is 0 Å². The topological polar surface area (TPSA) is 44.3 Å². The summed E-state index contributed by atoms with van der Waals surface area (Å²) >= 11 is 0. The highest BCUT2D eigenvalue weighted by molar-refractivity contribution is 5.59. The van der Waals surface area contributed by atoms with Crippen LogP contribution in [0, 0.1) is 0 Å². The molecule has 1 aliphatic heterocycles. The van der Waals surface area contributed by atoms with Crippen LogP contribution in [0.5, 0.6) is 0 Å². The summed E-state index contributed by atoms with van der Waals surface area (Å²) in [4.78, 5) is 13.7. The van der Waals surface area contributed by atoms with Crippen LogP contribution < -0.4 is 10.2 Å². The minimum atomic E-state index is 0.484. The van der Waals surface area contributed by atoms with Gasteiger partial charge in [0.15, 0.2) is 0 Å². The number of nitrogens with zero attached hydrogens (tertiary/aromatic N) is 4. The van der Waals surface area contributed by atoms with Gasteiger partial charge < -0.3 is 15.1 Å². The number of rotatable bonds is 3. The van der Waals surface area contributed by atoms with Crippen LogP contribution in [0.3, 0.4) is 0 Å². The molecule has 1 unspecified atom stereocenters. The number of hydrogen-bond acceptors (Lipinski definition) is 5. The molecule has 19 heavy (non-hydrogen) atoms. The minimum absolute atomic E-state index is 0.484. The highest BCUT2D eigenvalue weighted by atomic mass is 15.3. The highest BCUT2D eigenvalue weighted by Gasteiger charge is 2.23. The maximum atomic E-state index is 4.56. The quantitative estimate of drug-likeness (QED) is 0.897.